The normalized spacial score (nSPS) is 16.4. The first-order chi connectivity index (χ1) is 10.2. The second-order valence-corrected chi connectivity index (χ2v) is 7.36. The van der Waals surface area contributed by atoms with Crippen molar-refractivity contribution in [3.05, 3.63) is 51.2 Å². The molecule has 3 rings (SSSR count). The Balaban J connectivity index is 2.02. The van der Waals surface area contributed by atoms with Gasteiger partial charge >= 0.3 is 0 Å². The highest BCUT2D eigenvalue weighted by molar-refractivity contribution is 7.12. The number of benzene rings is 1. The third-order valence-corrected chi connectivity index (χ3v) is 5.42. The predicted octanol–water partition coefficient (Wildman–Crippen LogP) is 4.21. The number of para-hydroxylation sites is 1. The number of rotatable bonds is 3. The molecule has 3 heteroatoms. The maximum Gasteiger partial charge on any atom is 0.0675 e. The topological polar surface area (TPSA) is 29.3 Å². The van der Waals surface area contributed by atoms with E-state index in [1.807, 2.05) is 11.3 Å². The van der Waals surface area contributed by atoms with E-state index in [-0.39, 0.29) is 0 Å². The van der Waals surface area contributed by atoms with Gasteiger partial charge in [0.2, 0.25) is 0 Å². The smallest absolute Gasteiger partial charge is 0.0675 e. The van der Waals surface area contributed by atoms with E-state index < -0.39 is 0 Å². The number of thiophene rings is 1. The molecule has 1 unspecified atom stereocenters. The van der Waals surface area contributed by atoms with Gasteiger partial charge in [0.15, 0.2) is 0 Å². The Hall–Kier alpha value is -1.32. The Morgan fingerprint density at radius 2 is 2.05 bits per heavy atom. The molecule has 0 aliphatic carbocycles. The van der Waals surface area contributed by atoms with Crippen molar-refractivity contribution in [2.24, 2.45) is 5.73 Å². The summed E-state index contributed by atoms with van der Waals surface area (Å²) in [6.07, 6.45) is 3.70. The maximum atomic E-state index is 6.18. The number of hydrogen-bond acceptors (Lipinski definition) is 3. The van der Waals surface area contributed by atoms with Crippen molar-refractivity contribution in [1.82, 2.24) is 0 Å². The number of hydrogen-bond donors (Lipinski definition) is 1. The molecule has 0 fully saturated rings. The van der Waals surface area contributed by atoms with Crippen LogP contribution in [-0.4, -0.2) is 13.1 Å². The van der Waals surface area contributed by atoms with E-state index >= 15 is 0 Å². The van der Waals surface area contributed by atoms with Gasteiger partial charge in [0.1, 0.15) is 0 Å². The van der Waals surface area contributed by atoms with Gasteiger partial charge in [-0.2, -0.15) is 0 Å². The summed E-state index contributed by atoms with van der Waals surface area (Å²) in [5, 5.41) is 0. The lowest BCUT2D eigenvalue weighted by Gasteiger charge is -2.33. The summed E-state index contributed by atoms with van der Waals surface area (Å²) in [5.41, 5.74) is 10.5. The molecule has 2 aromatic rings. The highest BCUT2D eigenvalue weighted by Gasteiger charge is 2.25. The summed E-state index contributed by atoms with van der Waals surface area (Å²) in [7, 11) is 0. The monoisotopic (exact) mass is 300 g/mol. The van der Waals surface area contributed by atoms with Crippen LogP contribution >= 0.6 is 11.3 Å². The molecule has 1 aromatic carbocycles. The molecular weight excluding hydrogens is 276 g/mol. The van der Waals surface area contributed by atoms with Crippen LogP contribution in [0.15, 0.2) is 30.3 Å². The Morgan fingerprint density at radius 3 is 2.76 bits per heavy atom. The van der Waals surface area contributed by atoms with Crippen LogP contribution in [0.5, 0.6) is 0 Å². The summed E-state index contributed by atoms with van der Waals surface area (Å²) in [4.78, 5) is 5.32. The van der Waals surface area contributed by atoms with E-state index in [1.54, 1.807) is 0 Å². The summed E-state index contributed by atoms with van der Waals surface area (Å²) in [5.74, 6) is 0. The van der Waals surface area contributed by atoms with Gasteiger partial charge in [-0.1, -0.05) is 18.2 Å². The van der Waals surface area contributed by atoms with Gasteiger partial charge in [-0.15, -0.1) is 11.3 Å². The number of aryl methyl sites for hydroxylation is 3. The van der Waals surface area contributed by atoms with Crippen LogP contribution in [0.1, 0.15) is 39.8 Å². The van der Waals surface area contributed by atoms with E-state index in [9.17, 15) is 0 Å². The third kappa shape index (κ3) is 2.85. The minimum Gasteiger partial charge on any atom is -0.363 e. The molecule has 2 N–H and O–H groups in total. The molecule has 0 spiro atoms. The molecule has 1 aliphatic heterocycles. The standard InChI is InChI=1S/C18H24N2S/c1-13-11-16(14(2)21-13)18(12-19)20-10-6-5-8-15-7-3-4-9-17(15)20/h3-4,7,9,11,18H,5-6,8,10,12,19H2,1-2H3. The van der Waals surface area contributed by atoms with Crippen molar-refractivity contribution >= 4 is 17.0 Å². The molecule has 0 saturated heterocycles. The minimum atomic E-state index is 0.300. The van der Waals surface area contributed by atoms with Gasteiger partial charge < -0.3 is 10.6 Å². The highest BCUT2D eigenvalue weighted by Crippen LogP contribution is 2.36. The second kappa shape index (κ2) is 6.20. The molecule has 0 bridgehead atoms. The Bertz CT molecular complexity index is 617. The quantitative estimate of drug-likeness (QED) is 0.920. The van der Waals surface area contributed by atoms with Crippen molar-refractivity contribution in [3.8, 4) is 0 Å². The van der Waals surface area contributed by atoms with E-state index in [0.29, 0.717) is 12.6 Å². The van der Waals surface area contributed by atoms with Crippen molar-refractivity contribution < 1.29 is 0 Å². The first-order valence-corrected chi connectivity index (χ1v) is 8.64. The number of nitrogens with two attached hydrogens (primary N) is 1. The molecule has 1 aromatic heterocycles. The number of nitrogens with zero attached hydrogens (tertiary/aromatic N) is 1. The van der Waals surface area contributed by atoms with Gasteiger partial charge in [-0.05, 0) is 56.4 Å². The number of anilines is 1. The van der Waals surface area contributed by atoms with Gasteiger partial charge in [-0.3, -0.25) is 0 Å². The molecule has 1 aliphatic rings. The first-order valence-electron chi connectivity index (χ1n) is 7.82. The Kier molecular flexibility index (Phi) is 4.32. The molecule has 2 heterocycles. The van der Waals surface area contributed by atoms with Gasteiger partial charge in [0.05, 0.1) is 6.04 Å². The van der Waals surface area contributed by atoms with Crippen LogP contribution in [0.2, 0.25) is 0 Å². The average Bonchev–Trinajstić information content (AvgIpc) is 2.70. The van der Waals surface area contributed by atoms with Crippen LogP contribution in [0, 0.1) is 13.8 Å². The summed E-state index contributed by atoms with van der Waals surface area (Å²) in [6, 6.07) is 11.5. The van der Waals surface area contributed by atoms with Crippen molar-refractivity contribution in [3.63, 3.8) is 0 Å². The van der Waals surface area contributed by atoms with Gasteiger partial charge in [-0.25, -0.2) is 0 Å². The fourth-order valence-electron chi connectivity index (χ4n) is 3.45. The zero-order valence-electron chi connectivity index (χ0n) is 12.9. The summed E-state index contributed by atoms with van der Waals surface area (Å²) >= 11 is 1.88. The molecular formula is C18H24N2S. The summed E-state index contributed by atoms with van der Waals surface area (Å²) in [6.45, 7) is 6.18. The Morgan fingerprint density at radius 1 is 1.24 bits per heavy atom. The Labute approximate surface area is 131 Å². The highest BCUT2D eigenvalue weighted by atomic mass is 32.1. The summed E-state index contributed by atoms with van der Waals surface area (Å²) < 4.78 is 0. The van der Waals surface area contributed by atoms with Gasteiger partial charge in [0.25, 0.3) is 0 Å². The van der Waals surface area contributed by atoms with Crippen LogP contribution in [0.4, 0.5) is 5.69 Å². The van der Waals surface area contributed by atoms with Gasteiger partial charge in [0, 0.05) is 28.5 Å². The lowest BCUT2D eigenvalue weighted by Crippen LogP contribution is -2.34. The zero-order valence-corrected chi connectivity index (χ0v) is 13.7. The maximum absolute atomic E-state index is 6.18. The molecule has 2 nitrogen and oxygen atoms in total. The molecule has 0 saturated carbocycles. The predicted molar refractivity (Wildman–Crippen MR) is 92.3 cm³/mol. The molecule has 0 amide bonds. The van der Waals surface area contributed by atoms with Crippen LogP contribution in [-0.2, 0) is 6.42 Å². The molecule has 0 radical (unpaired) electrons. The number of fused-ring (bicyclic) bond motifs is 1. The van der Waals surface area contributed by atoms with Crippen LogP contribution < -0.4 is 10.6 Å². The van der Waals surface area contributed by atoms with Crippen molar-refractivity contribution in [2.75, 3.05) is 18.0 Å². The van der Waals surface area contributed by atoms with E-state index in [4.69, 9.17) is 5.73 Å². The minimum absolute atomic E-state index is 0.300. The van der Waals surface area contributed by atoms with Crippen LogP contribution in [0.3, 0.4) is 0 Å². The van der Waals surface area contributed by atoms with E-state index in [1.165, 1.54) is 45.8 Å². The fraction of sp³-hybridized carbons (Fsp3) is 0.444. The van der Waals surface area contributed by atoms with Crippen molar-refractivity contribution in [1.29, 1.82) is 0 Å². The third-order valence-electron chi connectivity index (χ3n) is 4.43. The second-order valence-electron chi connectivity index (χ2n) is 5.90. The lowest BCUT2D eigenvalue weighted by atomic mass is 10.0. The molecule has 1 atom stereocenters. The van der Waals surface area contributed by atoms with Crippen molar-refractivity contribution in [2.45, 2.75) is 39.2 Å². The largest absolute Gasteiger partial charge is 0.363 e. The molecule has 21 heavy (non-hydrogen) atoms. The van der Waals surface area contributed by atoms with E-state index in [2.05, 4.69) is 49.1 Å². The lowest BCUT2D eigenvalue weighted by molar-refractivity contribution is 0.610. The molecule has 112 valence electrons. The van der Waals surface area contributed by atoms with E-state index in [0.717, 1.165) is 6.54 Å². The fourth-order valence-corrected chi connectivity index (χ4v) is 4.43. The van der Waals surface area contributed by atoms with Crippen LogP contribution in [0.25, 0.3) is 0 Å². The first kappa shape index (κ1) is 14.6. The zero-order chi connectivity index (χ0) is 14.8. The SMILES string of the molecule is Cc1cc(C(CN)N2CCCCc3ccccc32)c(C)s1. The average molecular weight is 300 g/mol.